The Balaban J connectivity index is 2.25. The number of aliphatic hydroxyl groups excluding tert-OH is 1. The van der Waals surface area contributed by atoms with E-state index in [4.69, 9.17) is 14.6 Å². The van der Waals surface area contributed by atoms with Gasteiger partial charge in [-0.1, -0.05) is 12.1 Å². The molecular weight excluding hydrogens is 279 g/mol. The highest BCUT2D eigenvalue weighted by Gasteiger charge is 2.15. The number of carbonyl (C=O) groups excluding carboxylic acids is 1. The predicted octanol–water partition coefficient (Wildman–Crippen LogP) is 2.72. The summed E-state index contributed by atoms with van der Waals surface area (Å²) < 4.78 is 18.1. The molecule has 0 fully saturated rings. The highest BCUT2D eigenvalue weighted by atomic mass is 19.1. The zero-order valence-electron chi connectivity index (χ0n) is 10.7. The standard InChI is InChI=1S/C15H11FO5/c16-11-3-1-2-9(5-11)4-10-7-21-8-12(10)13(17)6-14(18)15(19)20/h1-3,5-8,18H,4H2,(H,19,20)/b14-6-. The van der Waals surface area contributed by atoms with E-state index in [-0.39, 0.29) is 12.0 Å². The van der Waals surface area contributed by atoms with E-state index in [1.165, 1.54) is 18.4 Å². The summed E-state index contributed by atoms with van der Waals surface area (Å²) in [5.41, 5.74) is 1.23. The van der Waals surface area contributed by atoms with Crippen molar-refractivity contribution >= 4 is 11.8 Å². The van der Waals surface area contributed by atoms with Crippen LogP contribution in [0.3, 0.4) is 0 Å². The maximum absolute atomic E-state index is 13.1. The van der Waals surface area contributed by atoms with E-state index in [1.807, 2.05) is 0 Å². The molecule has 0 radical (unpaired) electrons. The molecular formula is C15H11FO5. The summed E-state index contributed by atoms with van der Waals surface area (Å²) in [5, 5.41) is 17.6. The number of benzene rings is 1. The van der Waals surface area contributed by atoms with Gasteiger partial charge in [-0.15, -0.1) is 0 Å². The molecule has 1 heterocycles. The third-order valence-electron chi connectivity index (χ3n) is 2.78. The van der Waals surface area contributed by atoms with Crippen molar-refractivity contribution in [3.05, 3.63) is 71.1 Å². The van der Waals surface area contributed by atoms with Gasteiger partial charge in [0.2, 0.25) is 5.76 Å². The van der Waals surface area contributed by atoms with Gasteiger partial charge in [-0.2, -0.15) is 0 Å². The highest BCUT2D eigenvalue weighted by molar-refractivity contribution is 6.08. The van der Waals surface area contributed by atoms with E-state index in [0.717, 1.165) is 6.26 Å². The van der Waals surface area contributed by atoms with Crippen molar-refractivity contribution in [1.29, 1.82) is 0 Å². The third-order valence-corrected chi connectivity index (χ3v) is 2.78. The van der Waals surface area contributed by atoms with Crippen LogP contribution < -0.4 is 0 Å². The first kappa shape index (κ1) is 14.5. The fourth-order valence-corrected chi connectivity index (χ4v) is 1.81. The molecule has 1 aromatic carbocycles. The number of carboxylic acid groups (broad SMARTS) is 1. The van der Waals surface area contributed by atoms with Gasteiger partial charge >= 0.3 is 5.97 Å². The van der Waals surface area contributed by atoms with Crippen molar-refractivity contribution in [3.8, 4) is 0 Å². The fraction of sp³-hybridized carbons (Fsp3) is 0.0667. The Morgan fingerprint density at radius 2 is 2.00 bits per heavy atom. The summed E-state index contributed by atoms with van der Waals surface area (Å²) in [6, 6.07) is 5.86. The SMILES string of the molecule is O=C(O)/C(O)=C/C(=O)c1cocc1Cc1cccc(F)c1. The number of hydrogen-bond acceptors (Lipinski definition) is 4. The van der Waals surface area contributed by atoms with Crippen LogP contribution in [0.2, 0.25) is 0 Å². The van der Waals surface area contributed by atoms with Crippen molar-refractivity contribution < 1.29 is 28.6 Å². The Morgan fingerprint density at radius 1 is 1.24 bits per heavy atom. The number of rotatable bonds is 5. The molecule has 0 aliphatic rings. The monoisotopic (exact) mass is 290 g/mol. The summed E-state index contributed by atoms with van der Waals surface area (Å²) in [7, 11) is 0. The van der Waals surface area contributed by atoms with Gasteiger partial charge < -0.3 is 14.6 Å². The second-order valence-corrected chi connectivity index (χ2v) is 4.32. The molecule has 0 aliphatic carbocycles. The maximum atomic E-state index is 13.1. The van der Waals surface area contributed by atoms with Gasteiger partial charge in [0.05, 0.1) is 11.8 Å². The average Bonchev–Trinajstić information content (AvgIpc) is 2.86. The molecule has 0 amide bonds. The van der Waals surface area contributed by atoms with Gasteiger partial charge in [0.15, 0.2) is 5.78 Å². The molecule has 0 saturated carbocycles. The predicted molar refractivity (Wildman–Crippen MR) is 70.6 cm³/mol. The lowest BCUT2D eigenvalue weighted by Crippen LogP contribution is -2.05. The Morgan fingerprint density at radius 3 is 2.67 bits per heavy atom. The number of hydrogen-bond donors (Lipinski definition) is 2. The van der Waals surface area contributed by atoms with Crippen LogP contribution in [0.25, 0.3) is 0 Å². The van der Waals surface area contributed by atoms with Gasteiger partial charge in [0.25, 0.3) is 0 Å². The lowest BCUT2D eigenvalue weighted by molar-refractivity contribution is -0.135. The van der Waals surface area contributed by atoms with Crippen LogP contribution in [-0.2, 0) is 11.2 Å². The Bertz CT molecular complexity index is 714. The second-order valence-electron chi connectivity index (χ2n) is 4.32. The largest absolute Gasteiger partial charge is 0.502 e. The van der Waals surface area contributed by atoms with Crippen LogP contribution in [-0.4, -0.2) is 22.0 Å². The maximum Gasteiger partial charge on any atom is 0.371 e. The van der Waals surface area contributed by atoms with Crippen molar-refractivity contribution in [3.63, 3.8) is 0 Å². The Hall–Kier alpha value is -2.89. The van der Waals surface area contributed by atoms with E-state index in [9.17, 15) is 14.0 Å². The fourth-order valence-electron chi connectivity index (χ4n) is 1.81. The number of halogens is 1. The summed E-state index contributed by atoms with van der Waals surface area (Å²) in [5.74, 6) is -3.75. The minimum Gasteiger partial charge on any atom is -0.502 e. The van der Waals surface area contributed by atoms with Crippen molar-refractivity contribution in [2.75, 3.05) is 0 Å². The molecule has 0 spiro atoms. The molecule has 0 unspecified atom stereocenters. The van der Waals surface area contributed by atoms with Crippen molar-refractivity contribution in [1.82, 2.24) is 0 Å². The van der Waals surface area contributed by atoms with Crippen LogP contribution >= 0.6 is 0 Å². The van der Waals surface area contributed by atoms with Crippen LogP contribution in [0.1, 0.15) is 21.5 Å². The highest BCUT2D eigenvalue weighted by Crippen LogP contribution is 2.18. The van der Waals surface area contributed by atoms with E-state index < -0.39 is 23.3 Å². The molecule has 2 N–H and O–H groups in total. The summed E-state index contributed by atoms with van der Waals surface area (Å²) in [6.45, 7) is 0. The van der Waals surface area contributed by atoms with E-state index in [2.05, 4.69) is 0 Å². The smallest absolute Gasteiger partial charge is 0.371 e. The number of aliphatic hydroxyl groups is 1. The first-order valence-corrected chi connectivity index (χ1v) is 5.95. The van der Waals surface area contributed by atoms with Crippen molar-refractivity contribution in [2.24, 2.45) is 0 Å². The number of carbonyl (C=O) groups is 2. The van der Waals surface area contributed by atoms with Gasteiger partial charge in [-0.3, -0.25) is 4.79 Å². The van der Waals surface area contributed by atoms with Gasteiger partial charge in [0.1, 0.15) is 12.1 Å². The van der Waals surface area contributed by atoms with E-state index in [1.54, 1.807) is 12.1 Å². The first-order valence-electron chi connectivity index (χ1n) is 5.95. The van der Waals surface area contributed by atoms with E-state index >= 15 is 0 Å². The van der Waals surface area contributed by atoms with Gasteiger partial charge in [-0.25, -0.2) is 9.18 Å². The Kier molecular flexibility index (Phi) is 4.18. The minimum atomic E-state index is -1.60. The molecule has 0 aliphatic heterocycles. The molecule has 108 valence electrons. The van der Waals surface area contributed by atoms with Crippen molar-refractivity contribution in [2.45, 2.75) is 6.42 Å². The van der Waals surface area contributed by atoms with Gasteiger partial charge in [0, 0.05) is 18.1 Å². The normalized spacial score (nSPS) is 11.4. The minimum absolute atomic E-state index is 0.118. The molecule has 2 aromatic rings. The average molecular weight is 290 g/mol. The molecule has 0 saturated heterocycles. The number of carboxylic acids is 1. The first-order chi connectivity index (χ1) is 9.97. The molecule has 6 heteroatoms. The zero-order chi connectivity index (χ0) is 15.4. The quantitative estimate of drug-likeness (QED) is 0.502. The third kappa shape index (κ3) is 3.56. The zero-order valence-corrected chi connectivity index (χ0v) is 10.7. The molecule has 0 bridgehead atoms. The van der Waals surface area contributed by atoms with Crippen LogP contribution in [0, 0.1) is 5.82 Å². The number of aliphatic carboxylic acids is 1. The van der Waals surface area contributed by atoms with E-state index in [0.29, 0.717) is 17.2 Å². The number of allylic oxidation sites excluding steroid dienone is 1. The summed E-state index contributed by atoms with van der Waals surface area (Å²) >= 11 is 0. The number of ketones is 1. The van der Waals surface area contributed by atoms with Crippen LogP contribution in [0.15, 0.2) is 53.0 Å². The molecule has 0 atom stereocenters. The lowest BCUT2D eigenvalue weighted by atomic mass is 10.0. The molecule has 21 heavy (non-hydrogen) atoms. The molecule has 1 aromatic heterocycles. The second kappa shape index (κ2) is 6.04. The lowest BCUT2D eigenvalue weighted by Gasteiger charge is -2.01. The summed E-state index contributed by atoms with van der Waals surface area (Å²) in [6.07, 6.45) is 3.33. The van der Waals surface area contributed by atoms with Crippen LogP contribution in [0.4, 0.5) is 4.39 Å². The van der Waals surface area contributed by atoms with Gasteiger partial charge in [-0.05, 0) is 17.7 Å². The molecule has 5 nitrogen and oxygen atoms in total. The summed E-state index contributed by atoms with van der Waals surface area (Å²) in [4.78, 5) is 22.3. The molecule has 2 rings (SSSR count). The van der Waals surface area contributed by atoms with Crippen LogP contribution in [0.5, 0.6) is 0 Å². The topological polar surface area (TPSA) is 87.7 Å². The number of furan rings is 1. The Labute approximate surface area is 118 Å².